The minimum absolute atomic E-state index is 0.135. The van der Waals surface area contributed by atoms with Crippen LogP contribution in [0.2, 0.25) is 0 Å². The van der Waals surface area contributed by atoms with Crippen LogP contribution in [0.4, 0.5) is 4.79 Å². The predicted octanol–water partition coefficient (Wildman–Crippen LogP) is 1.89. The number of hydrogen-bond acceptors (Lipinski definition) is 7. The SMILES string of the molecule is CCNC(=O)NC(=O)COC(=O)c1cc(OCC)c(OCC)c(OCC)c1. The fourth-order valence-corrected chi connectivity index (χ4v) is 2.09. The quantitative estimate of drug-likeness (QED) is 0.594. The summed E-state index contributed by atoms with van der Waals surface area (Å²) in [5.74, 6) is -0.430. The Bertz CT molecular complexity index is 634. The van der Waals surface area contributed by atoms with Crippen LogP contribution >= 0.6 is 0 Å². The fraction of sp³-hybridized carbons (Fsp3) is 0.500. The van der Waals surface area contributed by atoms with Gasteiger partial charge in [-0.15, -0.1) is 0 Å². The maximum absolute atomic E-state index is 12.3. The van der Waals surface area contributed by atoms with E-state index in [0.29, 0.717) is 43.6 Å². The van der Waals surface area contributed by atoms with Crippen LogP contribution < -0.4 is 24.8 Å². The Labute approximate surface area is 158 Å². The molecule has 0 saturated carbocycles. The third-order valence-electron chi connectivity index (χ3n) is 3.07. The molecular weight excluding hydrogens is 356 g/mol. The van der Waals surface area contributed by atoms with Crippen LogP contribution in [0.1, 0.15) is 38.1 Å². The Hall–Kier alpha value is -2.97. The van der Waals surface area contributed by atoms with E-state index < -0.39 is 24.5 Å². The van der Waals surface area contributed by atoms with Crippen molar-refractivity contribution in [2.45, 2.75) is 27.7 Å². The summed E-state index contributed by atoms with van der Waals surface area (Å²) in [6.07, 6.45) is 0. The number of urea groups is 1. The van der Waals surface area contributed by atoms with E-state index in [4.69, 9.17) is 18.9 Å². The Morgan fingerprint density at radius 1 is 0.889 bits per heavy atom. The molecule has 0 unspecified atom stereocenters. The van der Waals surface area contributed by atoms with Crippen LogP contribution in [-0.2, 0) is 9.53 Å². The summed E-state index contributed by atoms with van der Waals surface area (Å²) >= 11 is 0. The zero-order valence-corrected chi connectivity index (χ0v) is 16.0. The minimum Gasteiger partial charge on any atom is -0.490 e. The van der Waals surface area contributed by atoms with Gasteiger partial charge in [-0.05, 0) is 39.8 Å². The van der Waals surface area contributed by atoms with Crippen LogP contribution in [0.15, 0.2) is 12.1 Å². The first-order valence-corrected chi connectivity index (χ1v) is 8.77. The molecule has 0 saturated heterocycles. The van der Waals surface area contributed by atoms with Gasteiger partial charge in [-0.25, -0.2) is 9.59 Å². The lowest BCUT2D eigenvalue weighted by molar-refractivity contribution is -0.123. The molecule has 9 nitrogen and oxygen atoms in total. The zero-order valence-electron chi connectivity index (χ0n) is 16.0. The van der Waals surface area contributed by atoms with Gasteiger partial charge in [0.05, 0.1) is 25.4 Å². The molecule has 0 atom stereocenters. The highest BCUT2D eigenvalue weighted by molar-refractivity contribution is 5.97. The smallest absolute Gasteiger partial charge is 0.338 e. The largest absolute Gasteiger partial charge is 0.490 e. The number of rotatable bonds is 10. The van der Waals surface area contributed by atoms with Crippen molar-refractivity contribution in [3.63, 3.8) is 0 Å². The standard InChI is InChI=1S/C18H26N2O7/c1-5-19-18(23)20-15(21)11-27-17(22)12-9-13(24-6-2)16(26-8-4)14(10-12)25-7-3/h9-10H,5-8,11H2,1-4H3,(H2,19,20,21,23). The summed E-state index contributed by atoms with van der Waals surface area (Å²) in [6, 6.07) is 2.26. The third-order valence-corrected chi connectivity index (χ3v) is 3.07. The first kappa shape index (κ1) is 22.1. The van der Waals surface area contributed by atoms with E-state index >= 15 is 0 Å². The van der Waals surface area contributed by atoms with E-state index in [9.17, 15) is 14.4 Å². The van der Waals surface area contributed by atoms with Crippen molar-refractivity contribution in [1.82, 2.24) is 10.6 Å². The van der Waals surface area contributed by atoms with Crippen molar-refractivity contribution in [3.8, 4) is 17.2 Å². The number of nitrogens with one attached hydrogen (secondary N) is 2. The molecule has 9 heteroatoms. The average molecular weight is 382 g/mol. The van der Waals surface area contributed by atoms with E-state index in [1.807, 2.05) is 12.2 Å². The average Bonchev–Trinajstić information content (AvgIpc) is 2.62. The van der Waals surface area contributed by atoms with Gasteiger partial charge in [0, 0.05) is 6.54 Å². The number of esters is 1. The Morgan fingerprint density at radius 2 is 1.44 bits per heavy atom. The van der Waals surface area contributed by atoms with Gasteiger partial charge in [-0.1, -0.05) is 0 Å². The fourth-order valence-electron chi connectivity index (χ4n) is 2.09. The molecule has 150 valence electrons. The van der Waals surface area contributed by atoms with E-state index in [1.54, 1.807) is 20.8 Å². The van der Waals surface area contributed by atoms with Crippen LogP contribution in [-0.4, -0.2) is 50.9 Å². The van der Waals surface area contributed by atoms with Gasteiger partial charge in [0.25, 0.3) is 5.91 Å². The Balaban J connectivity index is 2.92. The summed E-state index contributed by atoms with van der Waals surface area (Å²) in [5, 5.41) is 4.44. The van der Waals surface area contributed by atoms with E-state index in [1.165, 1.54) is 12.1 Å². The van der Waals surface area contributed by atoms with Crippen LogP contribution in [0.25, 0.3) is 0 Å². The summed E-state index contributed by atoms with van der Waals surface area (Å²) in [6.45, 7) is 8.01. The third kappa shape index (κ3) is 7.04. The topological polar surface area (TPSA) is 112 Å². The molecule has 0 aliphatic rings. The van der Waals surface area contributed by atoms with Crippen molar-refractivity contribution in [2.24, 2.45) is 0 Å². The first-order valence-electron chi connectivity index (χ1n) is 8.77. The summed E-state index contributed by atoms with van der Waals surface area (Å²) in [4.78, 5) is 35.2. The molecule has 27 heavy (non-hydrogen) atoms. The van der Waals surface area contributed by atoms with Gasteiger partial charge in [-0.2, -0.15) is 0 Å². The van der Waals surface area contributed by atoms with Crippen molar-refractivity contribution in [3.05, 3.63) is 17.7 Å². The molecule has 3 amide bonds. The molecule has 0 spiro atoms. The number of imide groups is 1. The number of amides is 3. The highest BCUT2D eigenvalue weighted by Gasteiger charge is 2.20. The van der Waals surface area contributed by atoms with E-state index in [0.717, 1.165) is 0 Å². The molecular formula is C18H26N2O7. The van der Waals surface area contributed by atoms with Gasteiger partial charge in [0.2, 0.25) is 5.75 Å². The van der Waals surface area contributed by atoms with Crippen molar-refractivity contribution in [2.75, 3.05) is 33.0 Å². The van der Waals surface area contributed by atoms with Gasteiger partial charge in [0.15, 0.2) is 18.1 Å². The van der Waals surface area contributed by atoms with E-state index in [2.05, 4.69) is 5.32 Å². The maximum Gasteiger partial charge on any atom is 0.338 e. The van der Waals surface area contributed by atoms with Crippen molar-refractivity contribution in [1.29, 1.82) is 0 Å². The predicted molar refractivity (Wildman–Crippen MR) is 97.4 cm³/mol. The molecule has 0 bridgehead atoms. The first-order chi connectivity index (χ1) is 13.0. The summed E-state index contributed by atoms with van der Waals surface area (Å²) < 4.78 is 21.6. The molecule has 0 fully saturated rings. The van der Waals surface area contributed by atoms with Gasteiger partial charge in [-0.3, -0.25) is 10.1 Å². The molecule has 0 aliphatic carbocycles. The second kappa shape index (κ2) is 11.6. The Kier molecular flexibility index (Phi) is 9.49. The van der Waals surface area contributed by atoms with Crippen LogP contribution in [0, 0.1) is 0 Å². The second-order valence-corrected chi connectivity index (χ2v) is 5.08. The normalized spacial score (nSPS) is 9.93. The lowest BCUT2D eigenvalue weighted by atomic mass is 10.2. The molecule has 0 heterocycles. The number of carbonyl (C=O) groups is 3. The van der Waals surface area contributed by atoms with Crippen molar-refractivity contribution < 1.29 is 33.3 Å². The molecule has 0 radical (unpaired) electrons. The molecule has 1 aromatic carbocycles. The Morgan fingerprint density at radius 3 is 1.93 bits per heavy atom. The maximum atomic E-state index is 12.3. The minimum atomic E-state index is -0.758. The van der Waals surface area contributed by atoms with Gasteiger partial charge < -0.3 is 24.3 Å². The zero-order chi connectivity index (χ0) is 20.2. The van der Waals surface area contributed by atoms with Gasteiger partial charge in [0.1, 0.15) is 0 Å². The number of ether oxygens (including phenoxy) is 4. The lowest BCUT2D eigenvalue weighted by Crippen LogP contribution is -2.41. The van der Waals surface area contributed by atoms with Crippen LogP contribution in [0.3, 0.4) is 0 Å². The van der Waals surface area contributed by atoms with Crippen molar-refractivity contribution >= 4 is 17.9 Å². The number of benzene rings is 1. The molecule has 1 rings (SSSR count). The molecule has 0 aromatic heterocycles. The second-order valence-electron chi connectivity index (χ2n) is 5.08. The summed E-state index contributed by atoms with van der Waals surface area (Å²) in [5.41, 5.74) is 0.135. The monoisotopic (exact) mass is 382 g/mol. The highest BCUT2D eigenvalue weighted by atomic mass is 16.5. The lowest BCUT2D eigenvalue weighted by Gasteiger charge is -2.16. The van der Waals surface area contributed by atoms with Crippen LogP contribution in [0.5, 0.6) is 17.2 Å². The molecule has 0 aliphatic heterocycles. The van der Waals surface area contributed by atoms with Gasteiger partial charge >= 0.3 is 12.0 Å². The number of hydrogen-bond donors (Lipinski definition) is 2. The summed E-state index contributed by atoms with van der Waals surface area (Å²) in [7, 11) is 0. The van der Waals surface area contributed by atoms with E-state index in [-0.39, 0.29) is 5.56 Å². The molecule has 1 aromatic rings. The molecule has 2 N–H and O–H groups in total. The highest BCUT2D eigenvalue weighted by Crippen LogP contribution is 2.39. The number of carbonyl (C=O) groups excluding carboxylic acids is 3.